The van der Waals surface area contributed by atoms with E-state index in [1.165, 1.54) is 19.9 Å². The highest BCUT2D eigenvalue weighted by atomic mass is 35.5. The van der Waals surface area contributed by atoms with Gasteiger partial charge in [0.2, 0.25) is 5.91 Å². The number of halogens is 3. The summed E-state index contributed by atoms with van der Waals surface area (Å²) < 4.78 is 24.9. The number of aliphatic hydroxyl groups is 2. The first kappa shape index (κ1) is 22.4. The van der Waals surface area contributed by atoms with E-state index in [9.17, 15) is 13.6 Å². The molecule has 6 N–H and O–H groups in total. The van der Waals surface area contributed by atoms with Gasteiger partial charge in [-0.3, -0.25) is 4.79 Å². The van der Waals surface area contributed by atoms with E-state index in [-0.39, 0.29) is 23.0 Å². The molecule has 3 rings (SSSR count). The van der Waals surface area contributed by atoms with Crippen molar-refractivity contribution in [3.05, 3.63) is 11.2 Å². The Morgan fingerprint density at radius 3 is 2.68 bits per heavy atom. The number of anilines is 3. The van der Waals surface area contributed by atoms with Crippen LogP contribution in [0.2, 0.25) is 5.15 Å². The molecule has 0 saturated heterocycles. The van der Waals surface area contributed by atoms with Gasteiger partial charge >= 0.3 is 0 Å². The Bertz CT molecular complexity index is 696. The van der Waals surface area contributed by atoms with Crippen LogP contribution in [0.5, 0.6) is 0 Å². The van der Waals surface area contributed by atoms with Crippen molar-refractivity contribution in [3.8, 4) is 0 Å². The first-order valence-corrected chi connectivity index (χ1v) is 9.30. The smallest absolute Gasteiger partial charge is 0.255 e. The van der Waals surface area contributed by atoms with Crippen LogP contribution in [0.1, 0.15) is 33.1 Å². The van der Waals surface area contributed by atoms with Crippen molar-refractivity contribution in [2.24, 2.45) is 11.7 Å². The number of amides is 1. The van der Waals surface area contributed by atoms with Gasteiger partial charge in [0.25, 0.3) is 6.43 Å². The molecule has 11 heteroatoms. The molecular formula is C17H26ClF2N5O3. The zero-order valence-corrected chi connectivity index (χ0v) is 16.5. The number of pyridine rings is 1. The first-order valence-electron chi connectivity index (χ1n) is 8.93. The summed E-state index contributed by atoms with van der Waals surface area (Å²) in [4.78, 5) is 17.7. The molecule has 2 heterocycles. The van der Waals surface area contributed by atoms with Crippen LogP contribution in [0.15, 0.2) is 6.07 Å². The van der Waals surface area contributed by atoms with Crippen LogP contribution in [0.4, 0.5) is 26.0 Å². The van der Waals surface area contributed by atoms with Gasteiger partial charge in [-0.15, -0.1) is 0 Å². The number of nitrogens with zero attached hydrogens (tertiary/aromatic N) is 2. The lowest BCUT2D eigenvalue weighted by Gasteiger charge is -2.25. The number of primary amides is 1. The van der Waals surface area contributed by atoms with Crippen LogP contribution < -0.4 is 21.3 Å². The quantitative estimate of drug-likeness (QED) is 0.363. The van der Waals surface area contributed by atoms with E-state index in [2.05, 4.69) is 15.6 Å². The van der Waals surface area contributed by atoms with Gasteiger partial charge in [-0.25, -0.2) is 13.8 Å². The number of aromatic nitrogens is 1. The number of hydrogen-bond acceptors (Lipinski definition) is 7. The SMILES string of the molecule is CC(C)(O)O.NC(=O)[C@@H]1CCC(N2CNc3c(NCC(F)F)cc(Cl)nc32)C1. The number of hydrogen-bond donors (Lipinski definition) is 5. The Labute approximate surface area is 167 Å². The number of alkyl halides is 2. The predicted molar refractivity (Wildman–Crippen MR) is 104 cm³/mol. The maximum atomic E-state index is 12.4. The summed E-state index contributed by atoms with van der Waals surface area (Å²) in [6, 6.07) is 1.66. The van der Waals surface area contributed by atoms with Crippen LogP contribution >= 0.6 is 11.6 Å². The van der Waals surface area contributed by atoms with Crippen LogP contribution in [0.25, 0.3) is 0 Å². The lowest BCUT2D eigenvalue weighted by atomic mass is 10.1. The normalized spacial score (nSPS) is 21.1. The summed E-state index contributed by atoms with van der Waals surface area (Å²) in [5.74, 6) is -1.28. The summed E-state index contributed by atoms with van der Waals surface area (Å²) in [6.07, 6.45) is -0.197. The van der Waals surface area contributed by atoms with E-state index in [0.717, 1.165) is 12.8 Å². The molecule has 1 unspecified atom stereocenters. The fraction of sp³-hybridized carbons (Fsp3) is 0.647. The van der Waals surface area contributed by atoms with Crippen molar-refractivity contribution < 1.29 is 23.8 Å². The largest absolute Gasteiger partial charge is 0.377 e. The molecule has 1 fully saturated rings. The third kappa shape index (κ3) is 6.32. The maximum Gasteiger partial charge on any atom is 0.255 e. The molecule has 1 aliphatic carbocycles. The maximum absolute atomic E-state index is 12.4. The summed E-state index contributed by atoms with van der Waals surface area (Å²) >= 11 is 6.03. The van der Waals surface area contributed by atoms with Crippen molar-refractivity contribution in [3.63, 3.8) is 0 Å². The molecule has 158 valence electrons. The van der Waals surface area contributed by atoms with Crippen LogP contribution in [0, 0.1) is 5.92 Å². The van der Waals surface area contributed by atoms with E-state index in [4.69, 9.17) is 27.5 Å². The second-order valence-electron chi connectivity index (χ2n) is 7.33. The van der Waals surface area contributed by atoms with Gasteiger partial charge in [0.05, 0.1) is 18.9 Å². The van der Waals surface area contributed by atoms with Crippen molar-refractivity contribution in [2.45, 2.75) is 51.4 Å². The molecule has 0 bridgehead atoms. The molecule has 8 nitrogen and oxygen atoms in total. The van der Waals surface area contributed by atoms with Crippen LogP contribution in [-0.4, -0.2) is 52.6 Å². The first-order chi connectivity index (χ1) is 13.0. The Kier molecular flexibility index (Phi) is 7.24. The summed E-state index contributed by atoms with van der Waals surface area (Å²) in [6.45, 7) is 2.64. The second kappa shape index (κ2) is 9.06. The molecule has 1 aromatic heterocycles. The van der Waals surface area contributed by atoms with Crippen molar-refractivity contribution in [2.75, 3.05) is 28.7 Å². The molecule has 0 radical (unpaired) electrons. The van der Waals surface area contributed by atoms with Gasteiger partial charge in [-0.2, -0.15) is 0 Å². The molecule has 2 atom stereocenters. The Morgan fingerprint density at radius 1 is 1.50 bits per heavy atom. The van der Waals surface area contributed by atoms with Crippen molar-refractivity contribution in [1.29, 1.82) is 0 Å². The topological polar surface area (TPSA) is 124 Å². The Balaban J connectivity index is 0.000000500. The van der Waals surface area contributed by atoms with E-state index >= 15 is 0 Å². The minimum atomic E-state index is -2.46. The average molecular weight is 422 g/mol. The van der Waals surface area contributed by atoms with Crippen molar-refractivity contribution in [1.82, 2.24) is 4.98 Å². The molecule has 1 aromatic rings. The third-order valence-electron chi connectivity index (χ3n) is 4.36. The third-order valence-corrected chi connectivity index (χ3v) is 4.56. The fourth-order valence-electron chi connectivity index (χ4n) is 3.25. The van der Waals surface area contributed by atoms with Crippen LogP contribution in [-0.2, 0) is 4.79 Å². The van der Waals surface area contributed by atoms with Crippen LogP contribution in [0.3, 0.4) is 0 Å². The van der Waals surface area contributed by atoms with E-state index in [0.29, 0.717) is 30.3 Å². The molecule has 1 saturated carbocycles. The molecule has 28 heavy (non-hydrogen) atoms. The highest BCUT2D eigenvalue weighted by Crippen LogP contribution is 2.42. The van der Waals surface area contributed by atoms with E-state index < -0.39 is 18.8 Å². The summed E-state index contributed by atoms with van der Waals surface area (Å²) in [5, 5.41) is 22.2. The highest BCUT2D eigenvalue weighted by Gasteiger charge is 2.36. The zero-order valence-electron chi connectivity index (χ0n) is 15.8. The fourth-order valence-corrected chi connectivity index (χ4v) is 3.44. The Morgan fingerprint density at radius 2 is 2.14 bits per heavy atom. The standard InChI is InChI=1S/C14H18ClF2N5O.C3H8O2/c15-10-4-9(19-5-11(16)17)12-14(21-10)22(6-20-12)8-2-1-7(3-8)13(18)23;1-3(2,4)5/h4,7-8,11,20H,1-3,5-6H2,(H2,18,23)(H,19,21);4-5H,1-2H3/t7-,8?;/m1./s1. The molecule has 2 aliphatic rings. The molecular weight excluding hydrogens is 396 g/mol. The number of fused-ring (bicyclic) bond motifs is 1. The number of nitrogens with two attached hydrogens (primary N) is 1. The predicted octanol–water partition coefficient (Wildman–Crippen LogP) is 1.96. The highest BCUT2D eigenvalue weighted by molar-refractivity contribution is 6.30. The van der Waals surface area contributed by atoms with Gasteiger partial charge in [0.15, 0.2) is 11.6 Å². The number of nitrogens with one attached hydrogen (secondary N) is 2. The van der Waals surface area contributed by atoms with Gasteiger partial charge in [0, 0.05) is 18.0 Å². The van der Waals surface area contributed by atoms with Crippen molar-refractivity contribution >= 4 is 34.7 Å². The molecule has 1 amide bonds. The molecule has 0 spiro atoms. The molecule has 0 aromatic carbocycles. The lowest BCUT2D eigenvalue weighted by molar-refractivity contribution is -0.127. The monoisotopic (exact) mass is 421 g/mol. The summed E-state index contributed by atoms with van der Waals surface area (Å²) in [7, 11) is 0. The van der Waals surface area contributed by atoms with E-state index in [1.807, 2.05) is 4.90 Å². The number of carbonyl (C=O) groups excluding carboxylic acids is 1. The average Bonchev–Trinajstić information content (AvgIpc) is 3.17. The Hall–Kier alpha value is -1.91. The minimum absolute atomic E-state index is 0.125. The van der Waals surface area contributed by atoms with Gasteiger partial charge < -0.3 is 31.5 Å². The molecule has 1 aliphatic heterocycles. The van der Waals surface area contributed by atoms with Gasteiger partial charge in [-0.05, 0) is 33.1 Å². The number of carbonyl (C=O) groups is 1. The second-order valence-corrected chi connectivity index (χ2v) is 7.72. The zero-order chi connectivity index (χ0) is 21.1. The minimum Gasteiger partial charge on any atom is -0.377 e. The van der Waals surface area contributed by atoms with E-state index in [1.54, 1.807) is 0 Å². The van der Waals surface area contributed by atoms with Gasteiger partial charge in [0.1, 0.15) is 10.8 Å². The summed E-state index contributed by atoms with van der Waals surface area (Å²) in [5.41, 5.74) is 6.55. The number of rotatable bonds is 5. The lowest BCUT2D eigenvalue weighted by Crippen LogP contribution is -2.34. The van der Waals surface area contributed by atoms with Gasteiger partial charge in [-0.1, -0.05) is 11.6 Å².